The lowest BCUT2D eigenvalue weighted by molar-refractivity contribution is -0.147. The number of anilines is 1. The van der Waals surface area contributed by atoms with Crippen molar-refractivity contribution in [3.05, 3.63) is 63.1 Å². The third kappa shape index (κ3) is 4.69. The summed E-state index contributed by atoms with van der Waals surface area (Å²) in [4.78, 5) is 25.2. The highest BCUT2D eigenvalue weighted by Crippen LogP contribution is 2.38. The molecule has 31 heavy (non-hydrogen) atoms. The molecule has 0 aliphatic carbocycles. The summed E-state index contributed by atoms with van der Waals surface area (Å²) in [5, 5.41) is 7.35. The molecule has 0 radical (unpaired) electrons. The Kier molecular flexibility index (Phi) is 6.33. The molecule has 1 aliphatic rings. The number of esters is 1. The Morgan fingerprint density at radius 3 is 2.42 bits per heavy atom. The summed E-state index contributed by atoms with van der Waals surface area (Å²) < 4.78 is 44.8. The first-order valence-electron chi connectivity index (χ1n) is 8.84. The first-order valence-corrected chi connectivity index (χ1v) is 10.0. The van der Waals surface area contributed by atoms with Crippen LogP contribution in [0.4, 0.5) is 23.7 Å². The molecule has 0 saturated carbocycles. The van der Waals surface area contributed by atoms with Crippen molar-refractivity contribution in [3.63, 3.8) is 0 Å². The van der Waals surface area contributed by atoms with Crippen molar-refractivity contribution < 1.29 is 27.5 Å². The minimum atomic E-state index is -4.63. The maximum Gasteiger partial charge on any atom is 0.417 e. The lowest BCUT2D eigenvalue weighted by Gasteiger charge is -2.23. The number of carbonyl (C=O) groups excluding carboxylic acids is 2. The third-order valence-electron chi connectivity index (χ3n) is 4.72. The van der Waals surface area contributed by atoms with Crippen LogP contribution in [0.5, 0.6) is 0 Å². The summed E-state index contributed by atoms with van der Waals surface area (Å²) in [6, 6.07) is 9.21. The molecular formula is C20H16BrClF3N3O3. The van der Waals surface area contributed by atoms with Gasteiger partial charge in [0.15, 0.2) is 0 Å². The number of alkyl halides is 3. The molecule has 0 aromatic heterocycles. The molecule has 1 unspecified atom stereocenters. The maximum atomic E-state index is 13.0. The van der Waals surface area contributed by atoms with Crippen LogP contribution >= 0.6 is 27.5 Å². The van der Waals surface area contributed by atoms with E-state index in [9.17, 15) is 22.8 Å². The van der Waals surface area contributed by atoms with Gasteiger partial charge in [0.1, 0.15) is 5.41 Å². The fraction of sp³-hybridized carbons (Fsp3) is 0.250. The first-order chi connectivity index (χ1) is 14.5. The molecule has 1 atom stereocenters. The van der Waals surface area contributed by atoms with Gasteiger partial charge in [-0.05, 0) is 43.3 Å². The van der Waals surface area contributed by atoms with E-state index < -0.39 is 34.2 Å². The fourth-order valence-corrected chi connectivity index (χ4v) is 3.69. The zero-order valence-electron chi connectivity index (χ0n) is 16.3. The van der Waals surface area contributed by atoms with Gasteiger partial charge < -0.3 is 10.1 Å². The smallest absolute Gasteiger partial charge is 0.417 e. The van der Waals surface area contributed by atoms with Crippen LogP contribution in [0.1, 0.15) is 18.1 Å². The van der Waals surface area contributed by atoms with Gasteiger partial charge in [0.2, 0.25) is 0 Å². The van der Waals surface area contributed by atoms with E-state index in [1.54, 1.807) is 24.3 Å². The first kappa shape index (κ1) is 23.1. The number of carbonyl (C=O) groups is 2. The van der Waals surface area contributed by atoms with Gasteiger partial charge in [0, 0.05) is 15.7 Å². The molecule has 0 spiro atoms. The molecule has 2 aromatic carbocycles. The fourth-order valence-electron chi connectivity index (χ4n) is 3.13. The van der Waals surface area contributed by atoms with Crippen LogP contribution in [-0.4, -0.2) is 36.4 Å². The number of amides is 2. The van der Waals surface area contributed by atoms with Crippen molar-refractivity contribution in [1.29, 1.82) is 0 Å². The molecule has 0 bridgehead atoms. The molecule has 6 nitrogen and oxygen atoms in total. The normalized spacial score (nSPS) is 18.5. The number of nitrogens with zero attached hydrogens (tertiary/aromatic N) is 2. The van der Waals surface area contributed by atoms with Crippen LogP contribution in [-0.2, 0) is 15.7 Å². The van der Waals surface area contributed by atoms with Crippen molar-refractivity contribution in [2.45, 2.75) is 13.1 Å². The molecule has 1 heterocycles. The number of halogens is 5. The highest BCUT2D eigenvalue weighted by Gasteiger charge is 2.48. The third-order valence-corrected chi connectivity index (χ3v) is 5.56. The second-order valence-corrected chi connectivity index (χ2v) is 8.28. The number of nitrogens with one attached hydrogen (secondary N) is 1. The second kappa shape index (κ2) is 8.51. The molecule has 164 valence electrons. The number of ether oxygens (including phenoxy) is 1. The lowest BCUT2D eigenvalue weighted by Crippen LogP contribution is -2.42. The van der Waals surface area contributed by atoms with E-state index in [1.807, 2.05) is 0 Å². The Balaban J connectivity index is 1.96. The number of methoxy groups -OCH3 is 1. The summed E-state index contributed by atoms with van der Waals surface area (Å²) >= 11 is 9.13. The predicted molar refractivity (Wildman–Crippen MR) is 113 cm³/mol. The number of urea groups is 1. The number of hydrogen-bond acceptors (Lipinski definition) is 4. The molecule has 0 fully saturated rings. The van der Waals surface area contributed by atoms with Crippen LogP contribution in [0, 0.1) is 5.41 Å². The molecular weight excluding hydrogens is 503 g/mol. The van der Waals surface area contributed by atoms with E-state index in [0.29, 0.717) is 5.69 Å². The maximum absolute atomic E-state index is 13.0. The van der Waals surface area contributed by atoms with Gasteiger partial charge in [0.25, 0.3) is 0 Å². The molecule has 2 aromatic rings. The highest BCUT2D eigenvalue weighted by atomic mass is 79.9. The van der Waals surface area contributed by atoms with Crippen molar-refractivity contribution in [1.82, 2.24) is 5.01 Å². The van der Waals surface area contributed by atoms with Gasteiger partial charge in [-0.3, -0.25) is 4.79 Å². The van der Waals surface area contributed by atoms with Crippen LogP contribution in [0.15, 0.2) is 52.0 Å². The average molecular weight is 519 g/mol. The van der Waals surface area contributed by atoms with Gasteiger partial charge in [-0.2, -0.15) is 18.3 Å². The van der Waals surface area contributed by atoms with Crippen molar-refractivity contribution in [3.8, 4) is 0 Å². The SMILES string of the molecule is COC(=O)C1(C)CN(C(=O)Nc2ccc(Br)cc2)N=C1c1ccc(C(F)(F)F)c(Cl)c1. The minimum absolute atomic E-state index is 0.0703. The van der Waals surface area contributed by atoms with Crippen LogP contribution in [0.2, 0.25) is 5.02 Å². The van der Waals surface area contributed by atoms with Crippen molar-refractivity contribution >= 4 is 50.9 Å². The van der Waals surface area contributed by atoms with Gasteiger partial charge >= 0.3 is 18.2 Å². The quantitative estimate of drug-likeness (QED) is 0.542. The Bertz CT molecular complexity index is 1060. The topological polar surface area (TPSA) is 71.0 Å². The average Bonchev–Trinajstić information content (AvgIpc) is 3.07. The molecule has 3 rings (SSSR count). The molecule has 1 N–H and O–H groups in total. The molecule has 11 heteroatoms. The zero-order valence-corrected chi connectivity index (χ0v) is 18.6. The summed E-state index contributed by atoms with van der Waals surface area (Å²) in [6.45, 7) is 1.33. The highest BCUT2D eigenvalue weighted by molar-refractivity contribution is 9.10. The zero-order chi connectivity index (χ0) is 23.0. The van der Waals surface area contributed by atoms with Gasteiger partial charge in [0.05, 0.1) is 30.0 Å². The van der Waals surface area contributed by atoms with E-state index >= 15 is 0 Å². The van der Waals surface area contributed by atoms with E-state index in [0.717, 1.165) is 27.7 Å². The van der Waals surface area contributed by atoms with E-state index in [-0.39, 0.29) is 17.8 Å². The van der Waals surface area contributed by atoms with Crippen molar-refractivity contribution in [2.24, 2.45) is 10.5 Å². The Morgan fingerprint density at radius 2 is 1.87 bits per heavy atom. The minimum Gasteiger partial charge on any atom is -0.468 e. The lowest BCUT2D eigenvalue weighted by atomic mass is 9.82. The molecule has 0 saturated heterocycles. The summed E-state index contributed by atoms with van der Waals surface area (Å²) in [5.74, 6) is -0.693. The molecule has 1 aliphatic heterocycles. The van der Waals surface area contributed by atoms with Gasteiger partial charge in [-0.1, -0.05) is 33.6 Å². The van der Waals surface area contributed by atoms with Gasteiger partial charge in [-0.15, -0.1) is 0 Å². The number of rotatable bonds is 3. The monoisotopic (exact) mass is 517 g/mol. The van der Waals surface area contributed by atoms with Crippen LogP contribution in [0.25, 0.3) is 0 Å². The van der Waals surface area contributed by atoms with E-state index in [4.69, 9.17) is 16.3 Å². The second-order valence-electron chi connectivity index (χ2n) is 6.96. The largest absolute Gasteiger partial charge is 0.468 e. The predicted octanol–water partition coefficient (Wildman–Crippen LogP) is 5.55. The van der Waals surface area contributed by atoms with E-state index in [2.05, 4.69) is 26.3 Å². The molecule has 2 amide bonds. The number of hydrazone groups is 1. The Labute approximate surface area is 189 Å². The summed E-state index contributed by atoms with van der Waals surface area (Å²) in [6.07, 6.45) is -4.63. The number of hydrogen-bond donors (Lipinski definition) is 1. The standard InChI is InChI=1S/C20H16BrClF3N3O3/c1-19(17(29)31-2)10-28(18(30)26-13-6-4-12(21)5-7-13)27-16(19)11-3-8-14(15(22)9-11)20(23,24)25/h3-9H,10H2,1-2H3,(H,26,30). The van der Waals surface area contributed by atoms with Crippen LogP contribution < -0.4 is 5.32 Å². The van der Waals surface area contributed by atoms with Crippen LogP contribution in [0.3, 0.4) is 0 Å². The van der Waals surface area contributed by atoms with E-state index in [1.165, 1.54) is 14.0 Å². The Morgan fingerprint density at radius 1 is 1.23 bits per heavy atom. The van der Waals surface area contributed by atoms with Crippen molar-refractivity contribution in [2.75, 3.05) is 19.0 Å². The summed E-state index contributed by atoms with van der Waals surface area (Å²) in [5.41, 5.74) is -1.68. The van der Waals surface area contributed by atoms with Gasteiger partial charge in [-0.25, -0.2) is 9.80 Å². The number of benzene rings is 2. The Hall–Kier alpha value is -2.59. The summed E-state index contributed by atoms with van der Waals surface area (Å²) in [7, 11) is 1.18.